The minimum absolute atomic E-state index is 0.0272. The molecule has 110 valence electrons. The molecule has 0 saturated heterocycles. The van der Waals surface area contributed by atoms with E-state index in [1.165, 1.54) is 30.3 Å². The zero-order chi connectivity index (χ0) is 15.6. The first kappa shape index (κ1) is 14.6. The molecule has 0 aliphatic rings. The molecule has 2 aromatic carbocycles. The smallest absolute Gasteiger partial charge is 0.393 e. The highest BCUT2D eigenvalue weighted by Gasteiger charge is 2.30. The molecule has 2 aromatic rings. The van der Waals surface area contributed by atoms with E-state index < -0.39 is 16.7 Å². The fourth-order valence-electron chi connectivity index (χ4n) is 1.79. The van der Waals surface area contributed by atoms with Crippen LogP contribution >= 0.6 is 0 Å². The summed E-state index contributed by atoms with van der Waals surface area (Å²) in [6, 6.07) is 8.56. The Labute approximate surface area is 117 Å². The zero-order valence-corrected chi connectivity index (χ0v) is 10.5. The SMILES string of the molecule is Nc1cccc(Nc2cccc(C(F)(F)F)c2)c1[N+](=O)[O-]. The van der Waals surface area contributed by atoms with Gasteiger partial charge in [-0.25, -0.2) is 0 Å². The zero-order valence-electron chi connectivity index (χ0n) is 10.5. The van der Waals surface area contributed by atoms with Gasteiger partial charge in [0, 0.05) is 5.69 Å². The molecule has 2 rings (SSSR count). The van der Waals surface area contributed by atoms with Crippen LogP contribution < -0.4 is 11.1 Å². The number of para-hydroxylation sites is 1. The predicted molar refractivity (Wildman–Crippen MR) is 72.2 cm³/mol. The van der Waals surface area contributed by atoms with E-state index in [-0.39, 0.29) is 22.7 Å². The average Bonchev–Trinajstić information content (AvgIpc) is 2.37. The molecule has 3 N–H and O–H groups in total. The number of nitro groups is 1. The van der Waals surface area contributed by atoms with Crippen LogP contribution in [0.15, 0.2) is 42.5 Å². The van der Waals surface area contributed by atoms with Gasteiger partial charge in [-0.3, -0.25) is 10.1 Å². The lowest BCUT2D eigenvalue weighted by Crippen LogP contribution is -2.06. The Balaban J connectivity index is 2.40. The minimum atomic E-state index is -4.49. The highest BCUT2D eigenvalue weighted by Crippen LogP contribution is 2.35. The van der Waals surface area contributed by atoms with E-state index in [4.69, 9.17) is 5.73 Å². The van der Waals surface area contributed by atoms with Gasteiger partial charge in [-0.1, -0.05) is 12.1 Å². The third-order valence-corrected chi connectivity index (χ3v) is 2.72. The number of anilines is 3. The summed E-state index contributed by atoms with van der Waals surface area (Å²) in [5, 5.41) is 13.6. The van der Waals surface area contributed by atoms with Crippen LogP contribution in [-0.4, -0.2) is 4.92 Å². The number of hydrogen-bond donors (Lipinski definition) is 2. The summed E-state index contributed by atoms with van der Waals surface area (Å²) < 4.78 is 37.9. The van der Waals surface area contributed by atoms with Gasteiger partial charge >= 0.3 is 11.9 Å². The first-order chi connectivity index (χ1) is 9.79. The van der Waals surface area contributed by atoms with Crippen LogP contribution in [0.2, 0.25) is 0 Å². The third kappa shape index (κ3) is 3.22. The van der Waals surface area contributed by atoms with E-state index in [0.29, 0.717) is 0 Å². The minimum Gasteiger partial charge on any atom is -0.393 e. The van der Waals surface area contributed by atoms with Crippen molar-refractivity contribution in [1.82, 2.24) is 0 Å². The standard InChI is InChI=1S/C13H10F3N3O2/c14-13(15,16)8-3-1-4-9(7-8)18-11-6-2-5-10(17)12(11)19(20)21/h1-7,18H,17H2. The van der Waals surface area contributed by atoms with Crippen molar-refractivity contribution < 1.29 is 18.1 Å². The quantitative estimate of drug-likeness (QED) is 0.511. The monoisotopic (exact) mass is 297 g/mol. The lowest BCUT2D eigenvalue weighted by atomic mass is 10.1. The van der Waals surface area contributed by atoms with Gasteiger partial charge in [0.1, 0.15) is 11.4 Å². The van der Waals surface area contributed by atoms with Gasteiger partial charge in [0.15, 0.2) is 0 Å². The number of nitrogen functional groups attached to an aromatic ring is 1. The van der Waals surface area contributed by atoms with Crippen molar-refractivity contribution in [3.8, 4) is 0 Å². The number of alkyl halides is 3. The molecule has 0 heterocycles. The van der Waals surface area contributed by atoms with E-state index in [9.17, 15) is 23.3 Å². The maximum absolute atomic E-state index is 12.6. The first-order valence-electron chi connectivity index (χ1n) is 5.76. The van der Waals surface area contributed by atoms with E-state index in [1.54, 1.807) is 0 Å². The van der Waals surface area contributed by atoms with Gasteiger partial charge in [-0.15, -0.1) is 0 Å². The van der Waals surface area contributed by atoms with Crippen LogP contribution in [0.1, 0.15) is 5.56 Å². The van der Waals surface area contributed by atoms with Crippen LogP contribution in [0.3, 0.4) is 0 Å². The average molecular weight is 297 g/mol. The third-order valence-electron chi connectivity index (χ3n) is 2.72. The Hall–Kier alpha value is -2.77. The number of nitrogens with two attached hydrogens (primary N) is 1. The van der Waals surface area contributed by atoms with Gasteiger partial charge in [0.2, 0.25) is 0 Å². The second-order valence-corrected chi connectivity index (χ2v) is 4.20. The van der Waals surface area contributed by atoms with Gasteiger partial charge in [0.25, 0.3) is 0 Å². The van der Waals surface area contributed by atoms with E-state index >= 15 is 0 Å². The molecule has 0 spiro atoms. The molecule has 0 aromatic heterocycles. The maximum Gasteiger partial charge on any atom is 0.416 e. The molecular weight excluding hydrogens is 287 g/mol. The predicted octanol–water partition coefficient (Wildman–Crippen LogP) is 3.94. The molecule has 0 saturated carbocycles. The first-order valence-corrected chi connectivity index (χ1v) is 5.76. The van der Waals surface area contributed by atoms with E-state index in [0.717, 1.165) is 12.1 Å². The highest BCUT2D eigenvalue weighted by atomic mass is 19.4. The van der Waals surface area contributed by atoms with Crippen molar-refractivity contribution in [2.45, 2.75) is 6.18 Å². The summed E-state index contributed by atoms with van der Waals surface area (Å²) in [7, 11) is 0. The van der Waals surface area contributed by atoms with Crippen molar-refractivity contribution in [3.05, 3.63) is 58.1 Å². The number of rotatable bonds is 3. The number of halogens is 3. The van der Waals surface area contributed by atoms with Crippen molar-refractivity contribution in [3.63, 3.8) is 0 Å². The molecular formula is C13H10F3N3O2. The molecule has 21 heavy (non-hydrogen) atoms. The van der Waals surface area contributed by atoms with Gasteiger partial charge in [-0.05, 0) is 30.3 Å². The molecule has 0 bridgehead atoms. The molecule has 0 aliphatic heterocycles. The molecule has 8 heteroatoms. The maximum atomic E-state index is 12.6. The van der Waals surface area contributed by atoms with Crippen LogP contribution in [-0.2, 0) is 6.18 Å². The molecule has 0 unspecified atom stereocenters. The summed E-state index contributed by atoms with van der Waals surface area (Å²) in [5.41, 5.74) is 4.32. The Morgan fingerprint density at radius 2 is 1.81 bits per heavy atom. The summed E-state index contributed by atoms with van der Waals surface area (Å²) in [5.74, 6) is 0. The molecule has 0 radical (unpaired) electrons. The Bertz CT molecular complexity index is 687. The largest absolute Gasteiger partial charge is 0.416 e. The van der Waals surface area contributed by atoms with Crippen molar-refractivity contribution in [2.75, 3.05) is 11.1 Å². The number of nitro benzene ring substituents is 1. The summed E-state index contributed by atoms with van der Waals surface area (Å²) in [6.07, 6.45) is -4.49. The van der Waals surface area contributed by atoms with Crippen LogP contribution in [0.25, 0.3) is 0 Å². The van der Waals surface area contributed by atoms with Crippen LogP contribution in [0, 0.1) is 10.1 Å². The Morgan fingerprint density at radius 1 is 1.14 bits per heavy atom. The van der Waals surface area contributed by atoms with Crippen molar-refractivity contribution in [1.29, 1.82) is 0 Å². The fourth-order valence-corrected chi connectivity index (χ4v) is 1.79. The number of benzene rings is 2. The van der Waals surface area contributed by atoms with Crippen LogP contribution in [0.4, 0.5) is 35.9 Å². The normalized spacial score (nSPS) is 11.2. The van der Waals surface area contributed by atoms with Gasteiger partial charge in [0.05, 0.1) is 10.5 Å². The highest BCUT2D eigenvalue weighted by molar-refractivity contribution is 5.78. The molecule has 0 fully saturated rings. The number of nitrogens with zero attached hydrogens (tertiary/aromatic N) is 1. The Kier molecular flexibility index (Phi) is 3.70. The second-order valence-electron chi connectivity index (χ2n) is 4.20. The summed E-state index contributed by atoms with van der Waals surface area (Å²) >= 11 is 0. The van der Waals surface area contributed by atoms with E-state index in [2.05, 4.69) is 5.32 Å². The second kappa shape index (κ2) is 5.31. The van der Waals surface area contributed by atoms with E-state index in [1.807, 2.05) is 0 Å². The molecule has 0 atom stereocenters. The summed E-state index contributed by atoms with van der Waals surface area (Å²) in [6.45, 7) is 0. The van der Waals surface area contributed by atoms with Crippen molar-refractivity contribution >= 4 is 22.7 Å². The lowest BCUT2D eigenvalue weighted by molar-refractivity contribution is -0.383. The van der Waals surface area contributed by atoms with Crippen LogP contribution in [0.5, 0.6) is 0 Å². The molecule has 5 nitrogen and oxygen atoms in total. The number of nitrogens with one attached hydrogen (secondary N) is 1. The molecule has 0 amide bonds. The lowest BCUT2D eigenvalue weighted by Gasteiger charge is -2.11. The molecule has 0 aliphatic carbocycles. The Morgan fingerprint density at radius 3 is 2.43 bits per heavy atom. The summed E-state index contributed by atoms with van der Waals surface area (Å²) in [4.78, 5) is 10.3. The topological polar surface area (TPSA) is 81.2 Å². The van der Waals surface area contributed by atoms with Gasteiger partial charge < -0.3 is 11.1 Å². The van der Waals surface area contributed by atoms with Gasteiger partial charge in [-0.2, -0.15) is 13.2 Å². The fraction of sp³-hybridized carbons (Fsp3) is 0.0769. The number of hydrogen-bond acceptors (Lipinski definition) is 4. The van der Waals surface area contributed by atoms with Crippen molar-refractivity contribution in [2.24, 2.45) is 0 Å².